The van der Waals surface area contributed by atoms with Crippen LogP contribution in [0.5, 0.6) is 0 Å². The van der Waals surface area contributed by atoms with Crippen LogP contribution in [0, 0.1) is 5.92 Å². The fraction of sp³-hybridized carbons (Fsp3) is 0.667. The van der Waals surface area contributed by atoms with Gasteiger partial charge in [-0.05, 0) is 32.6 Å². The first-order chi connectivity index (χ1) is 9.22. The Kier molecular flexibility index (Phi) is 3.89. The molecule has 2 bridgehead atoms. The number of fused-ring (bicyclic) bond motifs is 4. The number of hydrogen-bond acceptors (Lipinski definition) is 4. The lowest BCUT2D eigenvalue weighted by Gasteiger charge is -2.35. The molecule has 0 N–H and O–H groups in total. The fourth-order valence-electron chi connectivity index (χ4n) is 3.23. The molecule has 19 heavy (non-hydrogen) atoms. The molecular formula is C15H23N3S. The summed E-state index contributed by atoms with van der Waals surface area (Å²) in [5.41, 5.74) is 1.43. The van der Waals surface area contributed by atoms with Gasteiger partial charge in [-0.25, -0.2) is 4.98 Å². The Hall–Kier alpha value is -0.870. The van der Waals surface area contributed by atoms with Gasteiger partial charge in [0.05, 0.1) is 0 Å². The zero-order chi connectivity index (χ0) is 13.2. The molecule has 1 aromatic heterocycles. The third-order valence-corrected chi connectivity index (χ3v) is 5.08. The summed E-state index contributed by atoms with van der Waals surface area (Å²) in [6, 6.07) is 0.707. The van der Waals surface area contributed by atoms with Crippen molar-refractivity contribution in [3.05, 3.63) is 23.2 Å². The van der Waals surface area contributed by atoms with Gasteiger partial charge in [-0.1, -0.05) is 11.6 Å². The molecule has 2 atom stereocenters. The molecule has 3 saturated heterocycles. The molecule has 0 aromatic carbocycles. The number of nitrogens with zero attached hydrogens (tertiary/aromatic N) is 3. The molecule has 0 saturated carbocycles. The SMILES string of the molecule is CC(C)=CCN1C[C@@H]2CC[C@H]1CN(c1nccs1)C2. The van der Waals surface area contributed by atoms with Crippen molar-refractivity contribution in [3.8, 4) is 0 Å². The Morgan fingerprint density at radius 3 is 3.00 bits per heavy atom. The lowest BCUT2D eigenvalue weighted by atomic mass is 9.95. The molecule has 0 amide bonds. The number of allylic oxidation sites excluding steroid dienone is 1. The van der Waals surface area contributed by atoms with E-state index in [4.69, 9.17) is 0 Å². The number of aromatic nitrogens is 1. The second kappa shape index (κ2) is 5.63. The van der Waals surface area contributed by atoms with E-state index in [1.807, 2.05) is 6.20 Å². The number of hydrogen-bond donors (Lipinski definition) is 0. The molecule has 3 nitrogen and oxygen atoms in total. The van der Waals surface area contributed by atoms with Crippen molar-refractivity contribution in [1.82, 2.24) is 9.88 Å². The van der Waals surface area contributed by atoms with Gasteiger partial charge in [0.1, 0.15) is 0 Å². The summed E-state index contributed by atoms with van der Waals surface area (Å²) in [7, 11) is 0. The van der Waals surface area contributed by atoms with Crippen LogP contribution in [-0.2, 0) is 0 Å². The first kappa shape index (κ1) is 13.1. The standard InChI is InChI=1S/C15H23N3S/c1-12(2)5-7-17-9-13-3-4-14(17)11-18(10-13)15-16-6-8-19-15/h5-6,8,13-14H,3-4,7,9-11H2,1-2H3/t13-,14-/m0/s1. The maximum Gasteiger partial charge on any atom is 0.185 e. The van der Waals surface area contributed by atoms with Gasteiger partial charge in [-0.15, -0.1) is 11.3 Å². The molecule has 0 unspecified atom stereocenters. The third-order valence-electron chi connectivity index (χ3n) is 4.25. The maximum atomic E-state index is 4.49. The highest BCUT2D eigenvalue weighted by Crippen LogP contribution is 2.31. The van der Waals surface area contributed by atoms with Gasteiger partial charge >= 0.3 is 0 Å². The van der Waals surface area contributed by atoms with Crippen LogP contribution in [0.15, 0.2) is 23.2 Å². The molecule has 4 rings (SSSR count). The van der Waals surface area contributed by atoms with Crippen LogP contribution in [-0.4, -0.2) is 42.1 Å². The van der Waals surface area contributed by atoms with E-state index >= 15 is 0 Å². The normalized spacial score (nSPS) is 27.4. The van der Waals surface area contributed by atoms with Gasteiger partial charge in [0.25, 0.3) is 0 Å². The van der Waals surface area contributed by atoms with Crippen LogP contribution in [0.2, 0.25) is 0 Å². The highest BCUT2D eigenvalue weighted by molar-refractivity contribution is 7.13. The number of rotatable bonds is 3. The maximum absolute atomic E-state index is 4.49. The molecule has 4 heterocycles. The summed E-state index contributed by atoms with van der Waals surface area (Å²) in [6.45, 7) is 9.11. The van der Waals surface area contributed by atoms with Gasteiger partial charge in [-0.3, -0.25) is 4.90 Å². The van der Waals surface area contributed by atoms with Crippen LogP contribution in [0.1, 0.15) is 26.7 Å². The number of piperidine rings is 1. The van der Waals surface area contributed by atoms with E-state index in [0.717, 1.165) is 19.0 Å². The van der Waals surface area contributed by atoms with Crippen LogP contribution >= 0.6 is 11.3 Å². The molecular weight excluding hydrogens is 254 g/mol. The zero-order valence-corrected chi connectivity index (χ0v) is 12.7. The van der Waals surface area contributed by atoms with Gasteiger partial charge in [0, 0.05) is 43.8 Å². The zero-order valence-electron chi connectivity index (χ0n) is 11.9. The predicted molar refractivity (Wildman–Crippen MR) is 81.8 cm³/mol. The summed E-state index contributed by atoms with van der Waals surface area (Å²) >= 11 is 1.77. The minimum absolute atomic E-state index is 0.707. The molecule has 3 fully saturated rings. The Bertz CT molecular complexity index is 436. The summed E-state index contributed by atoms with van der Waals surface area (Å²) in [5.74, 6) is 0.813. The van der Waals surface area contributed by atoms with Crippen molar-refractivity contribution >= 4 is 16.5 Å². The molecule has 1 aromatic rings. The lowest BCUT2D eigenvalue weighted by molar-refractivity contribution is 0.149. The van der Waals surface area contributed by atoms with E-state index in [1.54, 1.807) is 11.3 Å². The fourth-order valence-corrected chi connectivity index (χ4v) is 3.89. The largest absolute Gasteiger partial charge is 0.346 e. The van der Waals surface area contributed by atoms with E-state index in [9.17, 15) is 0 Å². The van der Waals surface area contributed by atoms with E-state index in [-0.39, 0.29) is 0 Å². The number of thiazole rings is 1. The highest BCUT2D eigenvalue weighted by Gasteiger charge is 2.34. The Balaban J connectivity index is 1.72. The second-order valence-corrected chi connectivity index (χ2v) is 6.93. The molecule has 4 heteroatoms. The summed E-state index contributed by atoms with van der Waals surface area (Å²) in [5, 5.41) is 3.30. The minimum Gasteiger partial charge on any atom is -0.346 e. The molecule has 0 aliphatic carbocycles. The van der Waals surface area contributed by atoms with E-state index < -0.39 is 0 Å². The third kappa shape index (κ3) is 3.00. The molecule has 104 valence electrons. The minimum atomic E-state index is 0.707. The van der Waals surface area contributed by atoms with E-state index in [0.29, 0.717) is 6.04 Å². The smallest absolute Gasteiger partial charge is 0.185 e. The molecule has 0 radical (unpaired) electrons. The summed E-state index contributed by atoms with van der Waals surface area (Å²) < 4.78 is 0. The van der Waals surface area contributed by atoms with Crippen molar-refractivity contribution < 1.29 is 0 Å². The summed E-state index contributed by atoms with van der Waals surface area (Å²) in [6.07, 6.45) is 7.03. The van der Waals surface area contributed by atoms with Crippen LogP contribution in [0.3, 0.4) is 0 Å². The van der Waals surface area contributed by atoms with Gasteiger partial charge < -0.3 is 4.90 Å². The van der Waals surface area contributed by atoms with Crippen molar-refractivity contribution in [2.45, 2.75) is 32.7 Å². The molecule has 3 aliphatic heterocycles. The van der Waals surface area contributed by atoms with Gasteiger partial charge in [0.15, 0.2) is 5.13 Å². The topological polar surface area (TPSA) is 19.4 Å². The first-order valence-corrected chi connectivity index (χ1v) is 8.12. The van der Waals surface area contributed by atoms with Gasteiger partial charge in [0.2, 0.25) is 0 Å². The summed E-state index contributed by atoms with van der Waals surface area (Å²) in [4.78, 5) is 9.68. The van der Waals surface area contributed by atoms with E-state index in [2.05, 4.69) is 40.1 Å². The second-order valence-electron chi connectivity index (χ2n) is 6.05. The molecule has 0 spiro atoms. The van der Waals surface area contributed by atoms with Crippen molar-refractivity contribution in [2.75, 3.05) is 31.1 Å². The average molecular weight is 277 g/mol. The van der Waals surface area contributed by atoms with Crippen molar-refractivity contribution in [1.29, 1.82) is 0 Å². The quantitative estimate of drug-likeness (QED) is 0.792. The van der Waals surface area contributed by atoms with Crippen molar-refractivity contribution in [3.63, 3.8) is 0 Å². The predicted octanol–water partition coefficient (Wildman–Crippen LogP) is 3.01. The Labute approximate surface area is 119 Å². The highest BCUT2D eigenvalue weighted by atomic mass is 32.1. The van der Waals surface area contributed by atoms with Crippen molar-refractivity contribution in [2.24, 2.45) is 5.92 Å². The Morgan fingerprint density at radius 1 is 1.37 bits per heavy atom. The monoisotopic (exact) mass is 277 g/mol. The van der Waals surface area contributed by atoms with Crippen LogP contribution in [0.25, 0.3) is 0 Å². The molecule has 3 aliphatic rings. The average Bonchev–Trinajstić information content (AvgIpc) is 2.78. The van der Waals surface area contributed by atoms with Crippen LogP contribution < -0.4 is 4.90 Å². The van der Waals surface area contributed by atoms with Crippen LogP contribution in [0.4, 0.5) is 5.13 Å². The number of anilines is 1. The Morgan fingerprint density at radius 2 is 2.26 bits per heavy atom. The lowest BCUT2D eigenvalue weighted by Crippen LogP contribution is -2.43. The van der Waals surface area contributed by atoms with Gasteiger partial charge in [-0.2, -0.15) is 0 Å². The van der Waals surface area contributed by atoms with E-state index in [1.165, 1.54) is 36.6 Å². The first-order valence-electron chi connectivity index (χ1n) is 7.24.